The Morgan fingerprint density at radius 2 is 2.11 bits per heavy atom. The molecule has 0 atom stereocenters. The number of hydrogen-bond acceptors (Lipinski definition) is 3. The predicted octanol–water partition coefficient (Wildman–Crippen LogP) is 3.57. The Hall–Kier alpha value is -3.15. The molecule has 1 aliphatic heterocycles. The van der Waals surface area contributed by atoms with E-state index in [-0.39, 0.29) is 11.8 Å². The number of anilines is 2. The van der Waals surface area contributed by atoms with Crippen LogP contribution in [-0.2, 0) is 16.0 Å². The third kappa shape index (κ3) is 3.69. The van der Waals surface area contributed by atoms with Gasteiger partial charge in [-0.1, -0.05) is 12.1 Å². The van der Waals surface area contributed by atoms with Crippen molar-refractivity contribution in [2.45, 2.75) is 32.6 Å². The SMILES string of the molecule is Cc1cc(NC(=O)CCc2nc3ccccc3[nH]2)ccc1N1CCCC1=O. The summed E-state index contributed by atoms with van der Waals surface area (Å²) in [5.41, 5.74) is 4.56. The van der Waals surface area contributed by atoms with E-state index in [1.165, 1.54) is 0 Å². The summed E-state index contributed by atoms with van der Waals surface area (Å²) < 4.78 is 0. The number of nitrogens with one attached hydrogen (secondary N) is 2. The molecule has 0 saturated carbocycles. The van der Waals surface area contributed by atoms with Crippen LogP contribution in [0.25, 0.3) is 11.0 Å². The van der Waals surface area contributed by atoms with Crippen LogP contribution in [0.3, 0.4) is 0 Å². The number of para-hydroxylation sites is 2. The van der Waals surface area contributed by atoms with Crippen molar-refractivity contribution < 1.29 is 9.59 Å². The fourth-order valence-corrected chi connectivity index (χ4v) is 3.52. The number of aryl methyl sites for hydroxylation is 2. The zero-order valence-electron chi connectivity index (χ0n) is 15.3. The van der Waals surface area contributed by atoms with E-state index >= 15 is 0 Å². The Morgan fingerprint density at radius 3 is 2.85 bits per heavy atom. The highest BCUT2D eigenvalue weighted by molar-refractivity contribution is 5.97. The van der Waals surface area contributed by atoms with Crippen molar-refractivity contribution >= 4 is 34.2 Å². The number of carbonyl (C=O) groups is 2. The van der Waals surface area contributed by atoms with Crippen LogP contribution in [0.15, 0.2) is 42.5 Å². The van der Waals surface area contributed by atoms with Crippen LogP contribution in [-0.4, -0.2) is 28.3 Å². The van der Waals surface area contributed by atoms with E-state index in [2.05, 4.69) is 15.3 Å². The van der Waals surface area contributed by atoms with Crippen molar-refractivity contribution in [3.63, 3.8) is 0 Å². The average molecular weight is 362 g/mol. The Bertz CT molecular complexity index is 975. The summed E-state index contributed by atoms with van der Waals surface area (Å²) in [5, 5.41) is 2.93. The maximum atomic E-state index is 12.3. The molecule has 4 rings (SSSR count). The summed E-state index contributed by atoms with van der Waals surface area (Å²) in [7, 11) is 0. The second-order valence-electron chi connectivity index (χ2n) is 6.90. The van der Waals surface area contributed by atoms with Gasteiger partial charge in [0, 0.05) is 37.2 Å². The molecule has 0 radical (unpaired) electrons. The molecule has 0 aliphatic carbocycles. The first kappa shape index (κ1) is 17.3. The van der Waals surface area contributed by atoms with Crippen molar-refractivity contribution in [2.24, 2.45) is 0 Å². The van der Waals surface area contributed by atoms with Gasteiger partial charge in [-0.25, -0.2) is 4.98 Å². The number of amides is 2. The van der Waals surface area contributed by atoms with E-state index in [0.29, 0.717) is 19.3 Å². The minimum atomic E-state index is -0.0557. The van der Waals surface area contributed by atoms with Gasteiger partial charge in [-0.15, -0.1) is 0 Å². The average Bonchev–Trinajstić information content (AvgIpc) is 3.26. The van der Waals surface area contributed by atoms with Crippen molar-refractivity contribution in [1.82, 2.24) is 9.97 Å². The molecule has 6 heteroatoms. The maximum Gasteiger partial charge on any atom is 0.227 e. The molecule has 0 unspecified atom stereocenters. The number of rotatable bonds is 5. The van der Waals surface area contributed by atoms with Gasteiger partial charge in [-0.05, 0) is 49.2 Å². The Labute approximate surface area is 157 Å². The van der Waals surface area contributed by atoms with E-state index in [9.17, 15) is 9.59 Å². The number of hydrogen-bond donors (Lipinski definition) is 2. The molecule has 2 N–H and O–H groups in total. The van der Waals surface area contributed by atoms with Crippen molar-refractivity contribution in [3.05, 3.63) is 53.9 Å². The lowest BCUT2D eigenvalue weighted by Crippen LogP contribution is -2.24. The van der Waals surface area contributed by atoms with Gasteiger partial charge in [0.1, 0.15) is 5.82 Å². The number of aromatic amines is 1. The largest absolute Gasteiger partial charge is 0.342 e. The Kier molecular flexibility index (Phi) is 4.62. The maximum absolute atomic E-state index is 12.3. The number of H-pyrrole nitrogens is 1. The fraction of sp³-hybridized carbons (Fsp3) is 0.286. The van der Waals surface area contributed by atoms with Gasteiger partial charge < -0.3 is 15.2 Å². The van der Waals surface area contributed by atoms with Crippen molar-refractivity contribution in [1.29, 1.82) is 0 Å². The van der Waals surface area contributed by atoms with E-state index < -0.39 is 0 Å². The number of aromatic nitrogens is 2. The number of nitrogens with zero attached hydrogens (tertiary/aromatic N) is 2. The Balaban J connectivity index is 1.37. The quantitative estimate of drug-likeness (QED) is 0.728. The zero-order chi connectivity index (χ0) is 18.8. The van der Waals surface area contributed by atoms with E-state index in [1.807, 2.05) is 54.3 Å². The molecule has 1 aliphatic rings. The third-order valence-corrected chi connectivity index (χ3v) is 4.87. The van der Waals surface area contributed by atoms with Crippen LogP contribution < -0.4 is 10.2 Å². The van der Waals surface area contributed by atoms with Gasteiger partial charge in [-0.2, -0.15) is 0 Å². The molecular formula is C21H22N4O2. The first-order valence-electron chi connectivity index (χ1n) is 9.24. The highest BCUT2D eigenvalue weighted by atomic mass is 16.2. The summed E-state index contributed by atoms with van der Waals surface area (Å²) in [6.45, 7) is 2.73. The lowest BCUT2D eigenvalue weighted by Gasteiger charge is -2.19. The second kappa shape index (κ2) is 7.23. The van der Waals surface area contributed by atoms with E-state index in [4.69, 9.17) is 0 Å². The molecule has 0 spiro atoms. The topological polar surface area (TPSA) is 78.1 Å². The van der Waals surface area contributed by atoms with Crippen LogP contribution in [0.1, 0.15) is 30.7 Å². The number of carbonyl (C=O) groups excluding carboxylic acids is 2. The first-order valence-corrected chi connectivity index (χ1v) is 9.24. The molecule has 138 valence electrons. The van der Waals surface area contributed by atoms with Gasteiger partial charge in [0.2, 0.25) is 11.8 Å². The first-order chi connectivity index (χ1) is 13.1. The molecule has 27 heavy (non-hydrogen) atoms. The van der Waals surface area contributed by atoms with Crippen LogP contribution in [0.5, 0.6) is 0 Å². The third-order valence-electron chi connectivity index (χ3n) is 4.87. The molecule has 0 bridgehead atoms. The van der Waals surface area contributed by atoms with Gasteiger partial charge in [0.25, 0.3) is 0 Å². The van der Waals surface area contributed by atoms with Gasteiger partial charge in [0.05, 0.1) is 11.0 Å². The highest BCUT2D eigenvalue weighted by Gasteiger charge is 2.23. The molecule has 1 fully saturated rings. The van der Waals surface area contributed by atoms with Gasteiger partial charge in [0.15, 0.2) is 0 Å². The number of fused-ring (bicyclic) bond motifs is 1. The second-order valence-corrected chi connectivity index (χ2v) is 6.90. The van der Waals surface area contributed by atoms with Crippen LogP contribution in [0.2, 0.25) is 0 Å². The van der Waals surface area contributed by atoms with E-state index in [1.54, 1.807) is 0 Å². The van der Waals surface area contributed by atoms with E-state index in [0.717, 1.165) is 46.8 Å². The lowest BCUT2D eigenvalue weighted by atomic mass is 10.1. The monoisotopic (exact) mass is 362 g/mol. The van der Waals surface area contributed by atoms with Crippen molar-refractivity contribution in [2.75, 3.05) is 16.8 Å². The molecule has 6 nitrogen and oxygen atoms in total. The minimum Gasteiger partial charge on any atom is -0.342 e. The molecule has 2 amide bonds. The minimum absolute atomic E-state index is 0.0557. The van der Waals surface area contributed by atoms with Gasteiger partial charge >= 0.3 is 0 Å². The lowest BCUT2D eigenvalue weighted by molar-refractivity contribution is -0.117. The van der Waals surface area contributed by atoms with Crippen molar-refractivity contribution in [3.8, 4) is 0 Å². The standard InChI is InChI=1S/C21H22N4O2/c1-14-13-15(8-9-18(14)25-12-4-7-21(25)27)22-20(26)11-10-19-23-16-5-2-3-6-17(16)24-19/h2-3,5-6,8-9,13H,4,7,10-12H2,1H3,(H,22,26)(H,23,24). The smallest absolute Gasteiger partial charge is 0.227 e. The molecule has 3 aromatic rings. The summed E-state index contributed by atoms with van der Waals surface area (Å²) in [6, 6.07) is 13.5. The molecule has 2 aromatic carbocycles. The number of benzene rings is 2. The normalized spacial score (nSPS) is 14.1. The van der Waals surface area contributed by atoms with Crippen LogP contribution in [0.4, 0.5) is 11.4 Å². The molecular weight excluding hydrogens is 340 g/mol. The Morgan fingerprint density at radius 1 is 1.26 bits per heavy atom. The predicted molar refractivity (Wildman–Crippen MR) is 106 cm³/mol. The summed E-state index contributed by atoms with van der Waals surface area (Å²) in [4.78, 5) is 33.8. The zero-order valence-corrected chi connectivity index (χ0v) is 15.3. The summed E-state index contributed by atoms with van der Waals surface area (Å²) in [5.74, 6) is 0.922. The van der Waals surface area contributed by atoms with Crippen LogP contribution in [0, 0.1) is 6.92 Å². The molecule has 1 saturated heterocycles. The summed E-state index contributed by atoms with van der Waals surface area (Å²) >= 11 is 0. The number of imidazole rings is 1. The van der Waals surface area contributed by atoms with Gasteiger partial charge in [-0.3, -0.25) is 9.59 Å². The fourth-order valence-electron chi connectivity index (χ4n) is 3.52. The summed E-state index contributed by atoms with van der Waals surface area (Å²) in [6.07, 6.45) is 2.42. The highest BCUT2D eigenvalue weighted by Crippen LogP contribution is 2.27. The molecule has 2 heterocycles. The van der Waals surface area contributed by atoms with Crippen LogP contribution >= 0.6 is 0 Å². The molecule has 1 aromatic heterocycles.